The van der Waals surface area contributed by atoms with Gasteiger partial charge in [0.1, 0.15) is 12.7 Å². The number of nitrogens with one attached hydrogen (secondary N) is 1. The second-order valence-corrected chi connectivity index (χ2v) is 7.05. The highest BCUT2D eigenvalue weighted by molar-refractivity contribution is 5.86. The van der Waals surface area contributed by atoms with E-state index in [-0.39, 0.29) is 0 Å². The highest BCUT2D eigenvalue weighted by Crippen LogP contribution is 2.21. The quantitative estimate of drug-likeness (QED) is 0.470. The monoisotopic (exact) mass is 392 g/mol. The number of hydrogen-bond donors (Lipinski definition) is 1. The normalized spacial score (nSPS) is 11.1. The Morgan fingerprint density at radius 3 is 2.43 bits per heavy atom. The van der Waals surface area contributed by atoms with Crippen LogP contribution in [-0.4, -0.2) is 24.7 Å². The van der Waals surface area contributed by atoms with Crippen molar-refractivity contribution in [2.24, 2.45) is 0 Å². The molecule has 2 aromatic heterocycles. The van der Waals surface area contributed by atoms with E-state index in [2.05, 4.69) is 61.8 Å². The first-order valence-corrected chi connectivity index (χ1v) is 9.80. The van der Waals surface area contributed by atoms with Crippen LogP contribution in [0, 0.1) is 0 Å². The molecule has 0 aliphatic heterocycles. The zero-order valence-electron chi connectivity index (χ0n) is 16.3. The fraction of sp³-hybridized carbons (Fsp3) is 0.0833. The Kier molecular flexibility index (Phi) is 4.98. The van der Waals surface area contributed by atoms with Crippen molar-refractivity contribution in [1.82, 2.24) is 30.0 Å². The first-order chi connectivity index (χ1) is 14.9. The van der Waals surface area contributed by atoms with Crippen molar-refractivity contribution < 1.29 is 0 Å². The molecule has 30 heavy (non-hydrogen) atoms. The van der Waals surface area contributed by atoms with Gasteiger partial charge in [-0.1, -0.05) is 54.6 Å². The summed E-state index contributed by atoms with van der Waals surface area (Å²) < 4.78 is 1.78. The minimum atomic E-state index is 0.684. The summed E-state index contributed by atoms with van der Waals surface area (Å²) in [5, 5.41) is 10.1. The Labute approximate surface area is 174 Å². The molecular formula is C24H20N6. The third-order valence-corrected chi connectivity index (χ3v) is 5.01. The lowest BCUT2D eigenvalue weighted by molar-refractivity contribution is 0.682. The molecule has 0 aliphatic carbocycles. The van der Waals surface area contributed by atoms with Gasteiger partial charge in [0, 0.05) is 36.6 Å². The number of rotatable bonds is 6. The SMILES string of the molecule is c1ccc(-n2cncn2)c(CNCc2cnc(-c3ccc4ccccc4c3)nc2)c1. The predicted molar refractivity (Wildman–Crippen MR) is 117 cm³/mol. The highest BCUT2D eigenvalue weighted by atomic mass is 15.3. The van der Waals surface area contributed by atoms with Crippen LogP contribution in [0.5, 0.6) is 0 Å². The smallest absolute Gasteiger partial charge is 0.159 e. The van der Waals surface area contributed by atoms with Crippen LogP contribution in [0.3, 0.4) is 0 Å². The standard InChI is InChI=1S/C24H20N6/c1-2-6-20-11-21(10-9-19(20)5-1)24-27-13-18(14-28-24)12-25-15-22-7-3-4-8-23(22)30-17-26-16-29-30/h1-11,13-14,16-17,25H,12,15H2. The van der Waals surface area contributed by atoms with E-state index in [1.807, 2.05) is 42.7 Å². The maximum absolute atomic E-state index is 4.57. The molecule has 0 amide bonds. The molecule has 0 saturated carbocycles. The summed E-state index contributed by atoms with van der Waals surface area (Å²) in [4.78, 5) is 13.2. The van der Waals surface area contributed by atoms with Crippen molar-refractivity contribution in [1.29, 1.82) is 0 Å². The van der Waals surface area contributed by atoms with Gasteiger partial charge in [-0.3, -0.25) is 0 Å². The molecule has 6 heteroatoms. The van der Waals surface area contributed by atoms with E-state index in [0.29, 0.717) is 13.1 Å². The Balaban J connectivity index is 1.26. The van der Waals surface area contributed by atoms with E-state index in [1.54, 1.807) is 17.3 Å². The van der Waals surface area contributed by atoms with E-state index in [4.69, 9.17) is 0 Å². The molecule has 3 aromatic carbocycles. The first kappa shape index (κ1) is 18.1. The lowest BCUT2D eigenvalue weighted by Crippen LogP contribution is -2.15. The van der Waals surface area contributed by atoms with Crippen molar-refractivity contribution in [2.75, 3.05) is 0 Å². The molecule has 6 nitrogen and oxygen atoms in total. The van der Waals surface area contributed by atoms with Crippen molar-refractivity contribution >= 4 is 10.8 Å². The summed E-state index contributed by atoms with van der Waals surface area (Å²) in [5.41, 5.74) is 4.23. The molecule has 1 N–H and O–H groups in total. The van der Waals surface area contributed by atoms with Crippen LogP contribution < -0.4 is 5.32 Å². The van der Waals surface area contributed by atoms with Gasteiger partial charge in [-0.25, -0.2) is 19.6 Å². The van der Waals surface area contributed by atoms with Gasteiger partial charge in [-0.15, -0.1) is 0 Å². The Morgan fingerprint density at radius 1 is 0.800 bits per heavy atom. The van der Waals surface area contributed by atoms with Crippen LogP contribution in [0.15, 0.2) is 91.8 Å². The summed E-state index contributed by atoms with van der Waals surface area (Å²) in [5.74, 6) is 0.737. The molecule has 0 atom stereocenters. The van der Waals surface area contributed by atoms with Crippen LogP contribution >= 0.6 is 0 Å². The summed E-state index contributed by atoms with van der Waals surface area (Å²) in [6, 6.07) is 22.8. The predicted octanol–water partition coefficient (Wildman–Crippen LogP) is 4.17. The lowest BCUT2D eigenvalue weighted by Gasteiger charge is -2.10. The molecule has 5 aromatic rings. The Hall–Kier alpha value is -3.90. The van der Waals surface area contributed by atoms with E-state index in [0.717, 1.165) is 28.2 Å². The fourth-order valence-corrected chi connectivity index (χ4v) is 3.48. The molecule has 0 fully saturated rings. The number of hydrogen-bond acceptors (Lipinski definition) is 5. The van der Waals surface area contributed by atoms with Crippen LogP contribution in [0.25, 0.3) is 27.8 Å². The van der Waals surface area contributed by atoms with Gasteiger partial charge >= 0.3 is 0 Å². The van der Waals surface area contributed by atoms with Crippen LogP contribution in [0.2, 0.25) is 0 Å². The van der Waals surface area contributed by atoms with E-state index in [9.17, 15) is 0 Å². The van der Waals surface area contributed by atoms with E-state index >= 15 is 0 Å². The number of benzene rings is 3. The third kappa shape index (κ3) is 3.81. The number of para-hydroxylation sites is 1. The van der Waals surface area contributed by atoms with Gasteiger partial charge in [0.25, 0.3) is 0 Å². The average molecular weight is 392 g/mol. The molecule has 0 unspecified atom stereocenters. The minimum Gasteiger partial charge on any atom is -0.308 e. The van der Waals surface area contributed by atoms with Crippen molar-refractivity contribution in [2.45, 2.75) is 13.1 Å². The summed E-state index contributed by atoms with van der Waals surface area (Å²) in [6.07, 6.45) is 7.01. The van der Waals surface area contributed by atoms with Crippen molar-refractivity contribution in [3.8, 4) is 17.1 Å². The van der Waals surface area contributed by atoms with Crippen LogP contribution in [-0.2, 0) is 13.1 Å². The second kappa shape index (κ2) is 8.23. The zero-order valence-corrected chi connectivity index (χ0v) is 16.3. The Bertz CT molecular complexity index is 1260. The maximum atomic E-state index is 4.57. The molecule has 146 valence electrons. The van der Waals surface area contributed by atoms with Gasteiger partial charge in [-0.05, 0) is 28.5 Å². The topological polar surface area (TPSA) is 68.5 Å². The number of nitrogens with zero attached hydrogens (tertiary/aromatic N) is 5. The minimum absolute atomic E-state index is 0.684. The summed E-state index contributed by atoms with van der Waals surface area (Å²) >= 11 is 0. The molecular weight excluding hydrogens is 372 g/mol. The van der Waals surface area contributed by atoms with Gasteiger partial charge in [0.2, 0.25) is 0 Å². The zero-order chi connectivity index (χ0) is 20.2. The van der Waals surface area contributed by atoms with Crippen LogP contribution in [0.4, 0.5) is 0 Å². The number of aromatic nitrogens is 5. The largest absolute Gasteiger partial charge is 0.308 e. The molecule has 0 spiro atoms. The summed E-state index contributed by atoms with van der Waals surface area (Å²) in [6.45, 7) is 1.39. The highest BCUT2D eigenvalue weighted by Gasteiger charge is 2.06. The van der Waals surface area contributed by atoms with Crippen LogP contribution in [0.1, 0.15) is 11.1 Å². The van der Waals surface area contributed by atoms with Crippen molar-refractivity contribution in [3.05, 3.63) is 103 Å². The van der Waals surface area contributed by atoms with E-state index in [1.165, 1.54) is 10.8 Å². The molecule has 0 radical (unpaired) electrons. The fourth-order valence-electron chi connectivity index (χ4n) is 3.48. The van der Waals surface area contributed by atoms with Crippen molar-refractivity contribution in [3.63, 3.8) is 0 Å². The van der Waals surface area contributed by atoms with Gasteiger partial charge in [-0.2, -0.15) is 5.10 Å². The Morgan fingerprint density at radius 2 is 1.60 bits per heavy atom. The molecule has 0 aliphatic rings. The molecule has 5 rings (SSSR count). The van der Waals surface area contributed by atoms with Gasteiger partial charge < -0.3 is 5.32 Å². The maximum Gasteiger partial charge on any atom is 0.159 e. The molecule has 0 bridgehead atoms. The molecule has 0 saturated heterocycles. The second-order valence-electron chi connectivity index (χ2n) is 7.05. The number of fused-ring (bicyclic) bond motifs is 1. The van der Waals surface area contributed by atoms with Gasteiger partial charge in [0.05, 0.1) is 5.69 Å². The average Bonchev–Trinajstić information content (AvgIpc) is 3.34. The first-order valence-electron chi connectivity index (χ1n) is 9.80. The van der Waals surface area contributed by atoms with Gasteiger partial charge in [0.15, 0.2) is 5.82 Å². The van der Waals surface area contributed by atoms with E-state index < -0.39 is 0 Å². The third-order valence-electron chi connectivity index (χ3n) is 5.01. The summed E-state index contributed by atoms with van der Waals surface area (Å²) in [7, 11) is 0. The lowest BCUT2D eigenvalue weighted by atomic mass is 10.1. The molecule has 2 heterocycles.